The third-order valence-electron chi connectivity index (χ3n) is 17.0. The summed E-state index contributed by atoms with van der Waals surface area (Å²) in [6, 6.07) is 38.2. The summed E-state index contributed by atoms with van der Waals surface area (Å²) in [4.78, 5) is 40.6. The van der Waals surface area contributed by atoms with Crippen LogP contribution >= 0.6 is 0 Å². The normalized spacial score (nSPS) is 11.5. The van der Waals surface area contributed by atoms with Gasteiger partial charge in [-0.15, -0.1) is 20.4 Å². The van der Waals surface area contributed by atoms with Crippen molar-refractivity contribution in [3.05, 3.63) is 188 Å². The Morgan fingerprint density at radius 1 is 0.370 bits per heavy atom. The van der Waals surface area contributed by atoms with E-state index in [2.05, 4.69) is 118 Å². The Hall–Kier alpha value is -10.4. The zero-order valence-corrected chi connectivity index (χ0v) is 58.4. The van der Waals surface area contributed by atoms with Crippen LogP contribution in [0.2, 0.25) is 0 Å². The number of unbranched alkanes of at least 4 members (excludes halogenated alkanes) is 12. The van der Waals surface area contributed by atoms with E-state index in [-0.39, 0.29) is 41.8 Å². The van der Waals surface area contributed by atoms with Gasteiger partial charge in [-0.25, -0.2) is 0 Å². The van der Waals surface area contributed by atoms with Crippen molar-refractivity contribution < 1.29 is 24.2 Å². The van der Waals surface area contributed by atoms with Gasteiger partial charge in [0.2, 0.25) is 0 Å². The fourth-order valence-corrected chi connectivity index (χ4v) is 11.3. The van der Waals surface area contributed by atoms with E-state index in [1.54, 1.807) is 21.5 Å². The number of nitrogens with zero attached hydrogens (tertiary/aromatic N) is 18. The van der Waals surface area contributed by atoms with E-state index in [1.807, 2.05) is 60.9 Å². The molecule has 0 bridgehead atoms. The molecular formula is C74H96N18O8. The predicted octanol–water partition coefficient (Wildman–Crippen LogP) is 20.0. The second-order valence-corrected chi connectivity index (χ2v) is 24.8. The number of non-ortho nitro benzene ring substituents is 3. The van der Waals surface area contributed by atoms with Crippen LogP contribution in [-0.4, -0.2) is 97.2 Å². The van der Waals surface area contributed by atoms with Crippen molar-refractivity contribution in [1.29, 1.82) is 0 Å². The molecular weight excluding hydrogens is 1270 g/mol. The van der Waals surface area contributed by atoms with Gasteiger partial charge >= 0.3 is 0 Å². The summed E-state index contributed by atoms with van der Waals surface area (Å²) in [5.41, 5.74) is 7.57. The highest BCUT2D eigenvalue weighted by atomic mass is 16.6. The first-order valence-electron chi connectivity index (χ1n) is 35.5. The van der Waals surface area contributed by atoms with Gasteiger partial charge in [-0.2, -0.15) is 20.5 Å². The van der Waals surface area contributed by atoms with Crippen LogP contribution in [0.4, 0.5) is 68.2 Å². The molecule has 8 aromatic rings. The van der Waals surface area contributed by atoms with Gasteiger partial charge in [0.15, 0.2) is 11.5 Å². The van der Waals surface area contributed by atoms with Crippen LogP contribution in [0.3, 0.4) is 0 Å². The van der Waals surface area contributed by atoms with Crippen molar-refractivity contribution in [3.63, 3.8) is 0 Å². The van der Waals surface area contributed by atoms with Crippen molar-refractivity contribution in [2.45, 2.75) is 169 Å². The number of nitro groups is 3. The number of aryl methyl sites for hydroxylation is 2. The van der Waals surface area contributed by atoms with Crippen molar-refractivity contribution in [2.24, 2.45) is 30.7 Å². The summed E-state index contributed by atoms with van der Waals surface area (Å²) >= 11 is 0. The second-order valence-electron chi connectivity index (χ2n) is 24.8. The number of hydrogen-bond acceptors (Lipinski definition) is 21. The largest absolute Gasteiger partial charge is 0.491 e. The molecule has 0 N–H and O–H groups in total. The first kappa shape index (κ1) is 75.4. The zero-order chi connectivity index (χ0) is 70.5. The topological polar surface area (TPSA) is 293 Å². The van der Waals surface area contributed by atoms with Crippen LogP contribution < -0.4 is 24.2 Å². The Kier molecular flexibility index (Phi) is 31.5. The molecule has 100 heavy (non-hydrogen) atoms. The third-order valence-corrected chi connectivity index (χ3v) is 17.0. The van der Waals surface area contributed by atoms with Gasteiger partial charge in [-0.05, 0) is 148 Å². The van der Waals surface area contributed by atoms with Gasteiger partial charge in [0.05, 0.1) is 87.3 Å². The SMILES string of the molecule is CCCCCCN(CCCCCC)c1ccc(N=Nc2ccc([N+](=O)[O-])cc2OCCCc2cn(CCN(CCn3cc(CCCOc4cc([N+](=O)[O-])ccc4N=Nc4ccc(N(CCCCCC)CCCCCC)cc4)nn3)c3ccc(N=Nc4ccc([N+](=O)[O-])cc4)cc3)nn2)cc1. The Bertz CT molecular complexity index is 3630. The van der Waals surface area contributed by atoms with Gasteiger partial charge in [0.1, 0.15) is 11.4 Å². The molecule has 0 radical (unpaired) electrons. The van der Waals surface area contributed by atoms with E-state index in [9.17, 15) is 30.3 Å². The number of azo groups is 3. The molecule has 2 aromatic heterocycles. The minimum Gasteiger partial charge on any atom is -0.491 e. The molecule has 0 fully saturated rings. The Balaban J connectivity index is 0.861. The molecule has 0 spiro atoms. The molecule has 0 saturated carbocycles. The fraction of sp³-hybridized carbons (Fsp3) is 0.459. The molecule has 530 valence electrons. The molecule has 2 heterocycles. The summed E-state index contributed by atoms with van der Waals surface area (Å²) in [5, 5.41) is 79.3. The third kappa shape index (κ3) is 25.5. The summed E-state index contributed by atoms with van der Waals surface area (Å²) in [7, 11) is 0. The first-order chi connectivity index (χ1) is 48.9. The van der Waals surface area contributed by atoms with Gasteiger partial charge < -0.3 is 24.2 Å². The molecule has 0 aliphatic heterocycles. The summed E-state index contributed by atoms with van der Waals surface area (Å²) in [6.07, 6.45) is 25.1. The number of nitro benzene ring substituents is 3. The van der Waals surface area contributed by atoms with E-state index in [4.69, 9.17) is 9.47 Å². The maximum absolute atomic E-state index is 11.8. The zero-order valence-electron chi connectivity index (χ0n) is 58.4. The number of rotatable bonds is 48. The molecule has 0 atom stereocenters. The van der Waals surface area contributed by atoms with E-state index in [1.165, 1.54) is 126 Å². The van der Waals surface area contributed by atoms with E-state index in [0.29, 0.717) is 86.0 Å². The van der Waals surface area contributed by atoms with Gasteiger partial charge in [0, 0.05) is 93.0 Å². The number of hydrogen-bond donors (Lipinski definition) is 0. The van der Waals surface area contributed by atoms with Crippen LogP contribution in [0.25, 0.3) is 0 Å². The molecule has 8 rings (SSSR count). The summed E-state index contributed by atoms with van der Waals surface area (Å²) < 4.78 is 15.9. The Morgan fingerprint density at radius 3 is 1.01 bits per heavy atom. The highest BCUT2D eigenvalue weighted by Gasteiger charge is 2.17. The van der Waals surface area contributed by atoms with Crippen LogP contribution in [0.5, 0.6) is 11.5 Å². The molecule has 0 aliphatic carbocycles. The second kappa shape index (κ2) is 41.8. The van der Waals surface area contributed by atoms with Crippen LogP contribution in [0.15, 0.2) is 177 Å². The highest BCUT2D eigenvalue weighted by Crippen LogP contribution is 2.36. The Morgan fingerprint density at radius 2 is 0.680 bits per heavy atom. The monoisotopic (exact) mass is 1360 g/mol. The lowest BCUT2D eigenvalue weighted by atomic mass is 10.1. The molecule has 26 heteroatoms. The molecule has 0 aliphatic rings. The molecule has 26 nitrogen and oxygen atoms in total. The Labute approximate surface area is 586 Å². The van der Waals surface area contributed by atoms with E-state index >= 15 is 0 Å². The molecule has 0 amide bonds. The fourth-order valence-electron chi connectivity index (χ4n) is 11.3. The number of benzene rings is 6. The van der Waals surface area contributed by atoms with E-state index < -0.39 is 14.8 Å². The number of ether oxygens (including phenoxy) is 2. The van der Waals surface area contributed by atoms with Crippen molar-refractivity contribution >= 4 is 68.2 Å². The average molecular weight is 1370 g/mol. The maximum atomic E-state index is 11.8. The van der Waals surface area contributed by atoms with Gasteiger partial charge in [-0.3, -0.25) is 39.7 Å². The van der Waals surface area contributed by atoms with Crippen LogP contribution in [0.1, 0.15) is 155 Å². The summed E-state index contributed by atoms with van der Waals surface area (Å²) in [6.45, 7) is 15.4. The van der Waals surface area contributed by atoms with Crippen molar-refractivity contribution in [2.75, 3.05) is 67.2 Å². The number of anilines is 3. The van der Waals surface area contributed by atoms with E-state index in [0.717, 1.165) is 80.3 Å². The highest BCUT2D eigenvalue weighted by molar-refractivity contribution is 5.60. The van der Waals surface area contributed by atoms with Gasteiger partial charge in [-0.1, -0.05) is 115 Å². The van der Waals surface area contributed by atoms with Crippen molar-refractivity contribution in [3.8, 4) is 11.5 Å². The van der Waals surface area contributed by atoms with Crippen molar-refractivity contribution in [1.82, 2.24) is 30.0 Å². The minimum atomic E-state index is -0.465. The first-order valence-corrected chi connectivity index (χ1v) is 35.5. The smallest absolute Gasteiger partial charge is 0.273 e. The standard InChI is InChI=1S/C74H96N18O8/c1-5-9-13-17-45-85(46-18-14-10-6-2)65-33-27-61(28-34-65)77-81-71-43-41-69(91(95)96)55-73(71)99-53-21-23-63-57-88(83-79-63)51-49-87(67-37-25-59(26-38-67)75-76-60-31-39-68(40-32-60)90(93)94)50-52-89-58-64(80-84-89)24-22-54-100-74-56-70(92(97)98)42-44-72(74)82-78-62-29-35-66(36-30-62)86(47-19-15-11-7-3)48-20-16-12-8-4/h25-44,55-58H,5-24,45-54H2,1-4H3. The summed E-state index contributed by atoms with van der Waals surface area (Å²) in [5.74, 6) is 0.510. The lowest BCUT2D eigenvalue weighted by molar-refractivity contribution is -0.385. The average Bonchev–Trinajstić information content (AvgIpc) is 1.01. The maximum Gasteiger partial charge on any atom is 0.273 e. The lowest BCUT2D eigenvalue weighted by Crippen LogP contribution is -2.31. The molecule has 6 aromatic carbocycles. The van der Waals surface area contributed by atoms with Crippen LogP contribution in [-0.2, 0) is 25.9 Å². The van der Waals surface area contributed by atoms with Gasteiger partial charge in [0.25, 0.3) is 17.1 Å². The predicted molar refractivity (Wildman–Crippen MR) is 392 cm³/mol. The molecule has 0 saturated heterocycles. The van der Waals surface area contributed by atoms with Crippen LogP contribution in [0, 0.1) is 30.3 Å². The lowest BCUT2D eigenvalue weighted by Gasteiger charge is -2.25. The number of aromatic nitrogens is 6. The quantitative estimate of drug-likeness (QED) is 0.0148. The molecule has 0 unspecified atom stereocenters. The minimum absolute atomic E-state index is 0.0359.